The number of carbonyl (C=O) groups excluding carboxylic acids is 1. The van der Waals surface area contributed by atoms with Gasteiger partial charge in [0, 0.05) is 6.42 Å². The summed E-state index contributed by atoms with van der Waals surface area (Å²) in [6.07, 6.45) is 13.2. The molecule has 3 rings (SSSR count). The van der Waals surface area contributed by atoms with E-state index in [0.29, 0.717) is 30.1 Å². The van der Waals surface area contributed by atoms with Gasteiger partial charge >= 0.3 is 5.97 Å². The number of fused-ring (bicyclic) bond motifs is 1. The van der Waals surface area contributed by atoms with Crippen molar-refractivity contribution in [1.29, 1.82) is 0 Å². The van der Waals surface area contributed by atoms with Crippen LogP contribution in [0.25, 0.3) is 0 Å². The Morgan fingerprint density at radius 1 is 1.17 bits per heavy atom. The summed E-state index contributed by atoms with van der Waals surface area (Å²) >= 11 is 0. The second kappa shape index (κ2) is 8.70. The topological polar surface area (TPSA) is 35.5 Å². The van der Waals surface area contributed by atoms with E-state index in [2.05, 4.69) is 65.9 Å². The van der Waals surface area contributed by atoms with Gasteiger partial charge in [0.2, 0.25) is 0 Å². The molecule has 0 amide bonds. The SMILES string of the molecule is C[C@H]1C=C2C=C[C@H](C)[C@H](CC[C@H]3C[C@H](O[Si](C)(C)C(C)(C)C)CC(=O)O3)[C@H]2CC1. The summed E-state index contributed by atoms with van der Waals surface area (Å²) < 4.78 is 12.3. The second-order valence-electron chi connectivity index (χ2n) is 11.3. The average Bonchev–Trinajstić information content (AvgIpc) is 2.59. The Kier molecular flexibility index (Phi) is 6.84. The molecule has 164 valence electrons. The fraction of sp³-hybridized carbons (Fsp3) is 0.800. The lowest BCUT2D eigenvalue weighted by molar-refractivity contribution is -0.160. The molecule has 2 aliphatic carbocycles. The highest BCUT2D eigenvalue weighted by molar-refractivity contribution is 6.74. The van der Waals surface area contributed by atoms with Crippen LogP contribution in [0.2, 0.25) is 18.1 Å². The number of cyclic esters (lactones) is 1. The number of esters is 1. The highest BCUT2D eigenvalue weighted by Crippen LogP contribution is 2.44. The van der Waals surface area contributed by atoms with Crippen LogP contribution in [0.4, 0.5) is 0 Å². The Balaban J connectivity index is 1.61. The summed E-state index contributed by atoms with van der Waals surface area (Å²) in [4.78, 5) is 12.3. The summed E-state index contributed by atoms with van der Waals surface area (Å²) in [6.45, 7) is 16.0. The quantitative estimate of drug-likeness (QED) is 0.370. The van der Waals surface area contributed by atoms with Crippen LogP contribution in [0, 0.1) is 23.7 Å². The van der Waals surface area contributed by atoms with Crippen LogP contribution < -0.4 is 0 Å². The van der Waals surface area contributed by atoms with Gasteiger partial charge in [-0.05, 0) is 73.1 Å². The number of rotatable bonds is 5. The average molecular weight is 419 g/mol. The van der Waals surface area contributed by atoms with Crippen LogP contribution in [0.5, 0.6) is 0 Å². The number of ether oxygens (including phenoxy) is 1. The molecule has 6 atom stereocenters. The molecular formula is C25H42O3Si. The van der Waals surface area contributed by atoms with Gasteiger partial charge in [0.15, 0.2) is 8.32 Å². The van der Waals surface area contributed by atoms with E-state index in [9.17, 15) is 4.79 Å². The monoisotopic (exact) mass is 418 g/mol. The largest absolute Gasteiger partial charge is 0.462 e. The molecule has 0 N–H and O–H groups in total. The second-order valence-corrected chi connectivity index (χ2v) is 16.1. The van der Waals surface area contributed by atoms with E-state index in [1.54, 1.807) is 5.57 Å². The van der Waals surface area contributed by atoms with Crippen LogP contribution in [-0.2, 0) is 14.0 Å². The Morgan fingerprint density at radius 2 is 1.90 bits per heavy atom. The van der Waals surface area contributed by atoms with Crippen molar-refractivity contribution in [3.8, 4) is 0 Å². The van der Waals surface area contributed by atoms with Crippen LogP contribution in [0.3, 0.4) is 0 Å². The van der Waals surface area contributed by atoms with Gasteiger partial charge in [-0.25, -0.2) is 0 Å². The molecule has 0 bridgehead atoms. The van der Waals surface area contributed by atoms with E-state index in [4.69, 9.17) is 9.16 Å². The summed E-state index contributed by atoms with van der Waals surface area (Å²) in [6, 6.07) is 0. The van der Waals surface area contributed by atoms with Crippen molar-refractivity contribution >= 4 is 14.3 Å². The lowest BCUT2D eigenvalue weighted by Crippen LogP contribution is -2.47. The zero-order valence-corrected chi connectivity index (χ0v) is 20.7. The van der Waals surface area contributed by atoms with Gasteiger partial charge in [0.25, 0.3) is 0 Å². The van der Waals surface area contributed by atoms with E-state index >= 15 is 0 Å². The summed E-state index contributed by atoms with van der Waals surface area (Å²) in [5.74, 6) is 2.58. The molecule has 1 heterocycles. The maximum absolute atomic E-state index is 12.3. The molecule has 0 aromatic carbocycles. The molecule has 0 aromatic rings. The molecule has 0 unspecified atom stereocenters. The molecule has 4 heteroatoms. The predicted molar refractivity (Wildman–Crippen MR) is 122 cm³/mol. The normalized spacial score (nSPS) is 35.7. The first kappa shape index (κ1) is 22.8. The minimum Gasteiger partial charge on any atom is -0.462 e. The van der Waals surface area contributed by atoms with Gasteiger partial charge in [0.05, 0.1) is 12.5 Å². The molecule has 3 nitrogen and oxygen atoms in total. The Morgan fingerprint density at radius 3 is 2.59 bits per heavy atom. The van der Waals surface area contributed by atoms with Gasteiger partial charge in [-0.15, -0.1) is 0 Å². The molecule has 0 spiro atoms. The minimum atomic E-state index is -1.87. The molecule has 29 heavy (non-hydrogen) atoms. The predicted octanol–water partition coefficient (Wildman–Crippen LogP) is 6.66. The van der Waals surface area contributed by atoms with Gasteiger partial charge < -0.3 is 9.16 Å². The Bertz CT molecular complexity index is 657. The lowest BCUT2D eigenvalue weighted by atomic mass is 9.66. The zero-order valence-electron chi connectivity index (χ0n) is 19.7. The number of allylic oxidation sites excluding steroid dienone is 4. The fourth-order valence-corrected chi connectivity index (χ4v) is 6.47. The molecule has 0 saturated carbocycles. The standard InChI is InChI=1S/C25H42O3Si/c1-17-8-12-23-19(14-17)10-9-18(2)22(23)13-11-20-15-21(16-24(26)27-20)28-29(6,7)25(3,4)5/h9-10,14,17-18,20-23H,8,11-13,15-16H2,1-7H3/t17-,18+,20+,21+,22+,23+/m1/s1. The van der Waals surface area contributed by atoms with E-state index in [-0.39, 0.29) is 23.2 Å². The van der Waals surface area contributed by atoms with E-state index in [1.165, 1.54) is 12.8 Å². The number of carbonyl (C=O) groups is 1. The lowest BCUT2D eigenvalue weighted by Gasteiger charge is -2.42. The van der Waals surface area contributed by atoms with Gasteiger partial charge in [0.1, 0.15) is 6.10 Å². The van der Waals surface area contributed by atoms with Crippen LogP contribution in [0.1, 0.15) is 73.1 Å². The molecule has 1 saturated heterocycles. The summed E-state index contributed by atoms with van der Waals surface area (Å²) in [5.41, 5.74) is 1.55. The molecule has 0 aromatic heterocycles. The molecular weight excluding hydrogens is 376 g/mol. The van der Waals surface area contributed by atoms with Gasteiger partial charge in [-0.3, -0.25) is 4.79 Å². The molecule has 3 aliphatic rings. The summed E-state index contributed by atoms with van der Waals surface area (Å²) in [5, 5.41) is 0.161. The first-order valence-electron chi connectivity index (χ1n) is 11.7. The first-order valence-corrected chi connectivity index (χ1v) is 14.6. The fourth-order valence-electron chi connectivity index (χ4n) is 5.10. The highest BCUT2D eigenvalue weighted by Gasteiger charge is 2.42. The smallest absolute Gasteiger partial charge is 0.308 e. The third kappa shape index (κ3) is 5.44. The number of hydrogen-bond acceptors (Lipinski definition) is 3. The van der Waals surface area contributed by atoms with E-state index in [1.807, 2.05) is 0 Å². The maximum atomic E-state index is 12.3. The van der Waals surface area contributed by atoms with Crippen molar-refractivity contribution in [2.75, 3.05) is 0 Å². The summed E-state index contributed by atoms with van der Waals surface area (Å²) in [7, 11) is -1.87. The van der Waals surface area contributed by atoms with Crippen molar-refractivity contribution in [3.05, 3.63) is 23.8 Å². The van der Waals surface area contributed by atoms with Crippen LogP contribution in [0.15, 0.2) is 23.8 Å². The van der Waals surface area contributed by atoms with Crippen molar-refractivity contribution < 1.29 is 14.0 Å². The zero-order chi connectivity index (χ0) is 21.4. The Labute approximate surface area is 179 Å². The van der Waals surface area contributed by atoms with Crippen molar-refractivity contribution in [2.45, 2.75) is 103 Å². The van der Waals surface area contributed by atoms with Crippen molar-refractivity contribution in [3.63, 3.8) is 0 Å². The van der Waals surface area contributed by atoms with Crippen LogP contribution in [-0.4, -0.2) is 26.5 Å². The Hall–Kier alpha value is -0.873. The van der Waals surface area contributed by atoms with Crippen molar-refractivity contribution in [1.82, 2.24) is 0 Å². The number of hydrogen-bond donors (Lipinski definition) is 0. The highest BCUT2D eigenvalue weighted by atomic mass is 28.4. The first-order chi connectivity index (χ1) is 13.5. The maximum Gasteiger partial charge on any atom is 0.308 e. The van der Waals surface area contributed by atoms with Gasteiger partial charge in [-0.2, -0.15) is 0 Å². The minimum absolute atomic E-state index is 0.0130. The molecule has 0 radical (unpaired) electrons. The third-order valence-electron chi connectivity index (χ3n) is 7.93. The molecule has 1 aliphatic heterocycles. The van der Waals surface area contributed by atoms with Crippen molar-refractivity contribution in [2.24, 2.45) is 23.7 Å². The molecule has 1 fully saturated rings. The van der Waals surface area contributed by atoms with Crippen LogP contribution >= 0.6 is 0 Å². The third-order valence-corrected chi connectivity index (χ3v) is 12.5. The van der Waals surface area contributed by atoms with E-state index < -0.39 is 8.32 Å². The van der Waals surface area contributed by atoms with E-state index in [0.717, 1.165) is 19.3 Å². The van der Waals surface area contributed by atoms with Gasteiger partial charge in [-0.1, -0.05) is 52.8 Å².